The van der Waals surface area contributed by atoms with Gasteiger partial charge in [-0.3, -0.25) is 0 Å². The van der Waals surface area contributed by atoms with Crippen molar-refractivity contribution in [2.45, 2.75) is 6.92 Å². The Morgan fingerprint density at radius 2 is 2.13 bits per heavy atom. The summed E-state index contributed by atoms with van der Waals surface area (Å²) in [6.45, 7) is 1.93. The van der Waals surface area contributed by atoms with E-state index in [0.717, 1.165) is 11.0 Å². The monoisotopic (exact) mass is 223 g/mol. The van der Waals surface area contributed by atoms with Gasteiger partial charge >= 0.3 is 0 Å². The third-order valence-corrected chi connectivity index (χ3v) is 2.75. The zero-order valence-electron chi connectivity index (χ0n) is 8.04. The predicted molar refractivity (Wildman–Crippen MR) is 57.3 cm³/mol. The smallest absolute Gasteiger partial charge is 0.279 e. The first kappa shape index (κ1) is 9.92. The van der Waals surface area contributed by atoms with Crippen LogP contribution in [0.5, 0.6) is 5.75 Å². The Kier molecular flexibility index (Phi) is 2.32. The predicted octanol–water partition coefficient (Wildman–Crippen LogP) is 1.63. The topological polar surface area (TPSA) is 55.7 Å². The Bertz CT molecular complexity index is 544. The maximum atomic E-state index is 10.9. The number of aryl methyl sites for hydroxylation is 1. The molecule has 0 spiro atoms. The molecule has 4 nitrogen and oxygen atoms in total. The van der Waals surface area contributed by atoms with Crippen LogP contribution < -0.4 is 4.74 Å². The number of hydrogen-bond donors (Lipinski definition) is 0. The van der Waals surface area contributed by atoms with Gasteiger partial charge in [-0.1, -0.05) is 12.1 Å². The molecule has 1 heterocycles. The molecule has 0 bridgehead atoms. The van der Waals surface area contributed by atoms with Gasteiger partial charge in [-0.25, -0.2) is 0 Å². The summed E-state index contributed by atoms with van der Waals surface area (Å²) in [5, 5.41) is 0.995. The number of benzene rings is 1. The van der Waals surface area contributed by atoms with Crippen LogP contribution in [0.15, 0.2) is 39.8 Å². The second-order valence-electron chi connectivity index (χ2n) is 3.19. The summed E-state index contributed by atoms with van der Waals surface area (Å²) in [6.07, 6.45) is 1.19. The van der Waals surface area contributed by atoms with Crippen molar-refractivity contribution in [1.29, 1.82) is 0 Å². The number of allylic oxidation sites excluding steroid dienone is 1. The second kappa shape index (κ2) is 3.51. The maximum Gasteiger partial charge on any atom is 0.279 e. The molecule has 0 saturated carbocycles. The van der Waals surface area contributed by atoms with E-state index in [2.05, 4.69) is 4.40 Å². The number of hydrogen-bond acceptors (Lipinski definition) is 3. The summed E-state index contributed by atoms with van der Waals surface area (Å²) < 4.78 is 30.5. The van der Waals surface area contributed by atoms with E-state index in [1.54, 1.807) is 6.07 Å². The maximum absolute atomic E-state index is 10.9. The molecule has 1 aliphatic rings. The lowest BCUT2D eigenvalue weighted by Crippen LogP contribution is -1.94. The van der Waals surface area contributed by atoms with Crippen molar-refractivity contribution in [3.05, 3.63) is 41.0 Å². The van der Waals surface area contributed by atoms with Crippen molar-refractivity contribution >= 4 is 16.2 Å². The van der Waals surface area contributed by atoms with Crippen LogP contribution in [0.3, 0.4) is 0 Å². The molecule has 0 saturated heterocycles. The SMILES string of the molecule is Cc1cccc(OC2=CS(=O)(=O)N=C2)c1. The molecule has 0 unspecified atom stereocenters. The van der Waals surface area contributed by atoms with Crippen molar-refractivity contribution < 1.29 is 13.2 Å². The third-order valence-electron chi connectivity index (χ3n) is 1.82. The first-order valence-electron chi connectivity index (χ1n) is 4.32. The van der Waals surface area contributed by atoms with E-state index in [-0.39, 0.29) is 5.76 Å². The summed E-state index contributed by atoms with van der Waals surface area (Å²) in [6, 6.07) is 7.35. The van der Waals surface area contributed by atoms with E-state index in [4.69, 9.17) is 4.74 Å². The van der Waals surface area contributed by atoms with Crippen molar-refractivity contribution in [3.8, 4) is 5.75 Å². The Morgan fingerprint density at radius 3 is 2.73 bits per heavy atom. The molecule has 0 fully saturated rings. The Hall–Kier alpha value is -1.62. The van der Waals surface area contributed by atoms with Crippen molar-refractivity contribution in [2.75, 3.05) is 0 Å². The molecule has 78 valence electrons. The molecule has 0 atom stereocenters. The average molecular weight is 223 g/mol. The average Bonchev–Trinajstić information content (AvgIpc) is 2.45. The molecule has 1 aromatic carbocycles. The summed E-state index contributed by atoms with van der Waals surface area (Å²) in [5.41, 5.74) is 1.05. The molecular formula is C10H9NO3S. The number of sulfonamides is 1. The summed E-state index contributed by atoms with van der Waals surface area (Å²) in [4.78, 5) is 0. The summed E-state index contributed by atoms with van der Waals surface area (Å²) in [7, 11) is -3.44. The second-order valence-corrected chi connectivity index (χ2v) is 4.66. The van der Waals surface area contributed by atoms with E-state index in [1.165, 1.54) is 6.21 Å². The molecule has 5 heteroatoms. The molecular weight excluding hydrogens is 214 g/mol. The van der Waals surface area contributed by atoms with Crippen LogP contribution in [-0.4, -0.2) is 14.6 Å². The largest absolute Gasteiger partial charge is 0.455 e. The van der Waals surface area contributed by atoms with Gasteiger partial charge < -0.3 is 4.74 Å². The lowest BCUT2D eigenvalue weighted by atomic mass is 10.2. The van der Waals surface area contributed by atoms with Crippen LogP contribution >= 0.6 is 0 Å². The number of rotatable bonds is 2. The summed E-state index contributed by atoms with van der Waals surface area (Å²) >= 11 is 0. The highest BCUT2D eigenvalue weighted by Crippen LogP contribution is 2.17. The van der Waals surface area contributed by atoms with Crippen LogP contribution in [0, 0.1) is 6.92 Å². The van der Waals surface area contributed by atoms with Crippen LogP contribution in [0.2, 0.25) is 0 Å². The van der Waals surface area contributed by atoms with Gasteiger partial charge in [0.05, 0.1) is 11.6 Å². The molecule has 15 heavy (non-hydrogen) atoms. The minimum absolute atomic E-state index is 0.237. The van der Waals surface area contributed by atoms with E-state index in [9.17, 15) is 8.42 Å². The van der Waals surface area contributed by atoms with Crippen molar-refractivity contribution in [3.63, 3.8) is 0 Å². The Labute approximate surface area is 88.0 Å². The molecule has 0 aromatic heterocycles. The van der Waals surface area contributed by atoms with Gasteiger partial charge in [0, 0.05) is 0 Å². The molecule has 0 radical (unpaired) electrons. The highest BCUT2D eigenvalue weighted by Gasteiger charge is 2.14. The number of ether oxygens (including phenoxy) is 1. The zero-order chi connectivity index (χ0) is 10.9. The third kappa shape index (κ3) is 2.44. The van der Waals surface area contributed by atoms with E-state index in [0.29, 0.717) is 5.75 Å². The van der Waals surface area contributed by atoms with E-state index >= 15 is 0 Å². The van der Waals surface area contributed by atoms with Gasteiger partial charge in [0.15, 0.2) is 5.76 Å². The first-order valence-corrected chi connectivity index (χ1v) is 5.82. The van der Waals surface area contributed by atoms with Crippen LogP contribution in [0.4, 0.5) is 0 Å². The molecule has 0 aliphatic carbocycles. The minimum Gasteiger partial charge on any atom is -0.455 e. The lowest BCUT2D eigenvalue weighted by Gasteiger charge is -2.03. The van der Waals surface area contributed by atoms with Crippen molar-refractivity contribution in [2.24, 2.45) is 4.40 Å². The fourth-order valence-corrected chi connectivity index (χ4v) is 1.91. The number of nitrogens with zero attached hydrogens (tertiary/aromatic N) is 1. The van der Waals surface area contributed by atoms with Crippen LogP contribution in [0.1, 0.15) is 5.56 Å². The first-order chi connectivity index (χ1) is 7.05. The van der Waals surface area contributed by atoms with Gasteiger partial charge in [0.25, 0.3) is 10.0 Å². The minimum atomic E-state index is -3.44. The van der Waals surface area contributed by atoms with E-state index < -0.39 is 10.0 Å². The van der Waals surface area contributed by atoms with Gasteiger partial charge in [-0.05, 0) is 24.6 Å². The zero-order valence-corrected chi connectivity index (χ0v) is 8.86. The quantitative estimate of drug-likeness (QED) is 0.765. The van der Waals surface area contributed by atoms with Crippen molar-refractivity contribution in [1.82, 2.24) is 0 Å². The standard InChI is InChI=1S/C10H9NO3S/c1-8-3-2-4-9(5-8)14-10-6-11-15(12,13)7-10/h2-7H,1H3. The van der Waals surface area contributed by atoms with Crippen LogP contribution in [-0.2, 0) is 10.0 Å². The van der Waals surface area contributed by atoms with Gasteiger partial charge in [0.1, 0.15) is 5.75 Å². The van der Waals surface area contributed by atoms with Gasteiger partial charge in [0.2, 0.25) is 0 Å². The van der Waals surface area contributed by atoms with E-state index in [1.807, 2.05) is 25.1 Å². The highest BCUT2D eigenvalue weighted by atomic mass is 32.2. The molecule has 2 rings (SSSR count). The fourth-order valence-electron chi connectivity index (χ4n) is 1.20. The molecule has 0 N–H and O–H groups in total. The van der Waals surface area contributed by atoms with Crippen LogP contribution in [0.25, 0.3) is 0 Å². The molecule has 1 aliphatic heterocycles. The fraction of sp³-hybridized carbons (Fsp3) is 0.100. The summed E-state index contributed by atoms with van der Waals surface area (Å²) in [5.74, 6) is 0.838. The molecule has 1 aromatic rings. The lowest BCUT2D eigenvalue weighted by molar-refractivity contribution is 0.458. The normalized spacial score (nSPS) is 17.5. The Morgan fingerprint density at radius 1 is 1.33 bits per heavy atom. The highest BCUT2D eigenvalue weighted by molar-refractivity contribution is 7.93. The Balaban J connectivity index is 2.22. The van der Waals surface area contributed by atoms with Gasteiger partial charge in [-0.15, -0.1) is 0 Å². The molecule has 0 amide bonds. The van der Waals surface area contributed by atoms with Gasteiger partial charge in [-0.2, -0.15) is 12.8 Å².